The van der Waals surface area contributed by atoms with Crippen molar-refractivity contribution in [2.24, 2.45) is 5.92 Å². The highest BCUT2D eigenvalue weighted by Gasteiger charge is 2.29. The molecule has 1 fully saturated rings. The summed E-state index contributed by atoms with van der Waals surface area (Å²) in [4.78, 5) is 12.8. The lowest BCUT2D eigenvalue weighted by atomic mass is 10.0. The Kier molecular flexibility index (Phi) is 3.58. The minimum atomic E-state index is 0.696. The average molecular weight is 330 g/mol. The Morgan fingerprint density at radius 2 is 2.23 bits per heavy atom. The van der Waals surface area contributed by atoms with Crippen molar-refractivity contribution in [3.05, 3.63) is 36.4 Å². The van der Waals surface area contributed by atoms with Gasteiger partial charge in [-0.3, -0.25) is 0 Å². The van der Waals surface area contributed by atoms with Crippen LogP contribution in [-0.4, -0.2) is 33.9 Å². The van der Waals surface area contributed by atoms with Gasteiger partial charge in [-0.05, 0) is 31.4 Å². The molecule has 0 saturated carbocycles. The number of aromatic nitrogens is 3. The first-order chi connectivity index (χ1) is 10.7. The first-order valence-corrected chi connectivity index (χ1v) is 9.44. The molecular formula is C16H18N4S2. The quantitative estimate of drug-likeness (QED) is 0.684. The molecule has 0 atom stereocenters. The van der Waals surface area contributed by atoms with E-state index >= 15 is 0 Å². The van der Waals surface area contributed by atoms with Gasteiger partial charge in [0.05, 0.1) is 10.2 Å². The molecule has 1 saturated heterocycles. The van der Waals surface area contributed by atoms with E-state index in [1.54, 1.807) is 23.1 Å². The fourth-order valence-electron chi connectivity index (χ4n) is 2.87. The summed E-state index contributed by atoms with van der Waals surface area (Å²) in [6.45, 7) is 5.30. The number of thiazole rings is 1. The van der Waals surface area contributed by atoms with Crippen LogP contribution in [0.4, 0.5) is 5.13 Å². The maximum Gasteiger partial charge on any atom is 0.186 e. The lowest BCUT2D eigenvalue weighted by Gasteiger charge is -2.39. The molecule has 4 nitrogen and oxygen atoms in total. The minimum Gasteiger partial charge on any atom is -0.347 e. The van der Waals surface area contributed by atoms with Crippen LogP contribution in [0.3, 0.4) is 0 Å². The Balaban J connectivity index is 1.45. The van der Waals surface area contributed by atoms with Gasteiger partial charge in [0.25, 0.3) is 0 Å². The molecule has 22 heavy (non-hydrogen) atoms. The molecule has 0 radical (unpaired) electrons. The molecule has 0 spiro atoms. The molecule has 6 heteroatoms. The maximum atomic E-state index is 4.78. The molecule has 0 bridgehead atoms. The molecule has 1 aliphatic heterocycles. The Labute approximate surface area is 138 Å². The van der Waals surface area contributed by atoms with Crippen LogP contribution in [-0.2, 0) is 6.54 Å². The monoisotopic (exact) mass is 330 g/mol. The summed E-state index contributed by atoms with van der Waals surface area (Å²) in [7, 11) is 0. The third-order valence-electron chi connectivity index (χ3n) is 4.19. The predicted molar refractivity (Wildman–Crippen MR) is 94.1 cm³/mol. The van der Waals surface area contributed by atoms with Gasteiger partial charge >= 0.3 is 0 Å². The van der Waals surface area contributed by atoms with Crippen LogP contribution in [0.2, 0.25) is 0 Å². The van der Waals surface area contributed by atoms with Crippen LogP contribution in [0.5, 0.6) is 0 Å². The van der Waals surface area contributed by atoms with Gasteiger partial charge < -0.3 is 9.47 Å². The molecule has 4 rings (SSSR count). The Morgan fingerprint density at radius 1 is 1.36 bits per heavy atom. The Bertz CT molecular complexity index is 801. The average Bonchev–Trinajstić information content (AvgIpc) is 3.07. The molecule has 3 aromatic rings. The third-order valence-corrected chi connectivity index (χ3v) is 5.99. The highest BCUT2D eigenvalue weighted by atomic mass is 32.2. The Hall–Kier alpha value is -1.53. The minimum absolute atomic E-state index is 0.696. The number of hydrogen-bond donors (Lipinski definition) is 0. The van der Waals surface area contributed by atoms with Crippen molar-refractivity contribution in [2.45, 2.75) is 18.4 Å². The number of imidazole rings is 1. The first kappa shape index (κ1) is 14.1. The zero-order valence-corrected chi connectivity index (χ0v) is 14.3. The second kappa shape index (κ2) is 5.59. The molecule has 114 valence electrons. The molecule has 3 heterocycles. The largest absolute Gasteiger partial charge is 0.347 e. The van der Waals surface area contributed by atoms with Crippen LogP contribution in [0.1, 0.15) is 5.82 Å². The SMILES string of the molecule is CSc1ccc2nc(N3CC(Cn4ccnc4C)C3)sc2c1. The summed E-state index contributed by atoms with van der Waals surface area (Å²) in [5.41, 5.74) is 1.12. The summed E-state index contributed by atoms with van der Waals surface area (Å²) in [5, 5.41) is 1.16. The van der Waals surface area contributed by atoms with E-state index in [0.717, 1.165) is 36.1 Å². The number of nitrogens with zero attached hydrogens (tertiary/aromatic N) is 4. The van der Waals surface area contributed by atoms with E-state index in [9.17, 15) is 0 Å². The van der Waals surface area contributed by atoms with E-state index < -0.39 is 0 Å². The van der Waals surface area contributed by atoms with Gasteiger partial charge in [-0.15, -0.1) is 11.8 Å². The van der Waals surface area contributed by atoms with Crippen molar-refractivity contribution in [3.63, 3.8) is 0 Å². The van der Waals surface area contributed by atoms with Crippen molar-refractivity contribution >= 4 is 38.4 Å². The van der Waals surface area contributed by atoms with E-state index in [4.69, 9.17) is 4.98 Å². The van der Waals surface area contributed by atoms with Gasteiger partial charge in [-0.2, -0.15) is 0 Å². The Morgan fingerprint density at radius 3 is 2.95 bits per heavy atom. The number of thioether (sulfide) groups is 1. The lowest BCUT2D eigenvalue weighted by molar-refractivity contribution is 0.354. The van der Waals surface area contributed by atoms with Crippen molar-refractivity contribution in [2.75, 3.05) is 24.2 Å². The summed E-state index contributed by atoms with van der Waals surface area (Å²) >= 11 is 3.59. The van der Waals surface area contributed by atoms with Gasteiger partial charge in [-0.25, -0.2) is 9.97 Å². The number of hydrogen-bond acceptors (Lipinski definition) is 5. The second-order valence-electron chi connectivity index (χ2n) is 5.73. The van der Waals surface area contributed by atoms with Crippen LogP contribution in [0.25, 0.3) is 10.2 Å². The van der Waals surface area contributed by atoms with E-state index in [0.29, 0.717) is 5.92 Å². The molecule has 1 aromatic carbocycles. The number of anilines is 1. The number of fused-ring (bicyclic) bond motifs is 1. The zero-order valence-electron chi connectivity index (χ0n) is 12.7. The molecule has 2 aromatic heterocycles. The standard InChI is InChI=1S/C16H18N4S2/c1-11-17-5-6-19(11)8-12-9-20(10-12)16-18-14-4-3-13(21-2)7-15(14)22-16/h3-7,12H,8-10H2,1-2H3. The highest BCUT2D eigenvalue weighted by molar-refractivity contribution is 7.98. The third kappa shape index (κ3) is 2.50. The fourth-order valence-corrected chi connectivity index (χ4v) is 4.41. The highest BCUT2D eigenvalue weighted by Crippen LogP contribution is 2.34. The molecule has 0 aliphatic carbocycles. The van der Waals surface area contributed by atoms with E-state index in [1.807, 2.05) is 6.20 Å². The second-order valence-corrected chi connectivity index (χ2v) is 7.62. The number of aryl methyl sites for hydroxylation is 1. The van der Waals surface area contributed by atoms with Crippen molar-refractivity contribution in [3.8, 4) is 0 Å². The normalized spacial score (nSPS) is 15.5. The van der Waals surface area contributed by atoms with Crippen molar-refractivity contribution < 1.29 is 0 Å². The van der Waals surface area contributed by atoms with Crippen LogP contribution >= 0.6 is 23.1 Å². The zero-order chi connectivity index (χ0) is 15.1. The van der Waals surface area contributed by atoms with Gasteiger partial charge in [-0.1, -0.05) is 11.3 Å². The lowest BCUT2D eigenvalue weighted by Crippen LogP contribution is -2.48. The van der Waals surface area contributed by atoms with Crippen molar-refractivity contribution in [1.82, 2.24) is 14.5 Å². The summed E-state index contributed by atoms with van der Waals surface area (Å²) in [6, 6.07) is 6.53. The van der Waals surface area contributed by atoms with E-state index in [2.05, 4.69) is 52.0 Å². The number of benzene rings is 1. The number of rotatable bonds is 4. The van der Waals surface area contributed by atoms with Gasteiger partial charge in [0.2, 0.25) is 0 Å². The van der Waals surface area contributed by atoms with Crippen LogP contribution in [0, 0.1) is 12.8 Å². The fraction of sp³-hybridized carbons (Fsp3) is 0.375. The van der Waals surface area contributed by atoms with E-state index in [-0.39, 0.29) is 0 Å². The molecule has 0 N–H and O–H groups in total. The van der Waals surface area contributed by atoms with Gasteiger partial charge in [0.1, 0.15) is 5.82 Å². The van der Waals surface area contributed by atoms with Crippen LogP contribution < -0.4 is 4.90 Å². The summed E-state index contributed by atoms with van der Waals surface area (Å²) < 4.78 is 3.53. The van der Waals surface area contributed by atoms with E-state index in [1.165, 1.54) is 9.60 Å². The maximum absolute atomic E-state index is 4.78. The molecule has 0 unspecified atom stereocenters. The van der Waals surface area contributed by atoms with Gasteiger partial charge in [0, 0.05) is 42.8 Å². The molecular weight excluding hydrogens is 312 g/mol. The predicted octanol–water partition coefficient (Wildman–Crippen LogP) is 3.66. The molecule has 0 amide bonds. The topological polar surface area (TPSA) is 34.0 Å². The summed E-state index contributed by atoms with van der Waals surface area (Å²) in [5.74, 6) is 1.80. The first-order valence-electron chi connectivity index (χ1n) is 7.40. The van der Waals surface area contributed by atoms with Crippen molar-refractivity contribution in [1.29, 1.82) is 0 Å². The van der Waals surface area contributed by atoms with Gasteiger partial charge in [0.15, 0.2) is 5.13 Å². The molecule has 1 aliphatic rings. The smallest absolute Gasteiger partial charge is 0.186 e. The van der Waals surface area contributed by atoms with Crippen LogP contribution in [0.15, 0.2) is 35.5 Å². The summed E-state index contributed by atoms with van der Waals surface area (Å²) in [6.07, 6.45) is 6.06.